The molecule has 6 nitrogen and oxygen atoms in total. The monoisotopic (exact) mass is 309 g/mol. The van der Waals surface area contributed by atoms with Gasteiger partial charge in [0.25, 0.3) is 0 Å². The predicted molar refractivity (Wildman–Crippen MR) is 76.5 cm³/mol. The molecule has 0 spiro atoms. The van der Waals surface area contributed by atoms with Crippen molar-refractivity contribution < 1.29 is 22.6 Å². The Kier molecular flexibility index (Phi) is 3.81. The van der Waals surface area contributed by atoms with Crippen LogP contribution < -0.4 is 9.46 Å². The van der Waals surface area contributed by atoms with Crippen LogP contribution in [0.5, 0.6) is 5.75 Å². The van der Waals surface area contributed by atoms with Crippen LogP contribution in [0.3, 0.4) is 0 Å². The quantitative estimate of drug-likeness (QED) is 0.925. The van der Waals surface area contributed by atoms with Gasteiger partial charge in [0.15, 0.2) is 0 Å². The number of ether oxygens (including phenoxy) is 3. The summed E-state index contributed by atoms with van der Waals surface area (Å²) >= 11 is 0. The second-order valence-electron chi connectivity index (χ2n) is 4.58. The minimum atomic E-state index is -3.71. The fourth-order valence-corrected chi connectivity index (χ4v) is 3.62. The molecule has 1 heterocycles. The highest BCUT2D eigenvalue weighted by atomic mass is 32.2. The van der Waals surface area contributed by atoms with Crippen molar-refractivity contribution in [3.8, 4) is 5.75 Å². The Morgan fingerprint density at radius 1 is 1.19 bits per heavy atom. The fourth-order valence-electron chi connectivity index (χ4n) is 2.29. The van der Waals surface area contributed by atoms with Crippen molar-refractivity contribution in [2.24, 2.45) is 0 Å². The highest BCUT2D eigenvalue weighted by Gasteiger charge is 2.25. The molecule has 0 saturated carbocycles. The molecule has 1 unspecified atom stereocenters. The van der Waals surface area contributed by atoms with E-state index in [-0.39, 0.29) is 18.3 Å². The molecule has 7 heteroatoms. The molecule has 0 aromatic heterocycles. The first kappa shape index (κ1) is 14.3. The number of fused-ring (bicyclic) bond motifs is 1. The van der Waals surface area contributed by atoms with E-state index in [4.69, 9.17) is 14.2 Å². The van der Waals surface area contributed by atoms with Gasteiger partial charge >= 0.3 is 0 Å². The molecule has 2 aromatic carbocycles. The summed E-state index contributed by atoms with van der Waals surface area (Å²) in [6.07, 6.45) is -0.657. The highest BCUT2D eigenvalue weighted by Crippen LogP contribution is 2.30. The molecule has 0 amide bonds. The predicted octanol–water partition coefficient (Wildman–Crippen LogP) is 1.46. The Bertz CT molecular complexity index is 753. The topological polar surface area (TPSA) is 73.9 Å². The fraction of sp³-hybridized carbons (Fsp3) is 0.286. The smallest absolute Gasteiger partial charge is 0.243 e. The van der Waals surface area contributed by atoms with Gasteiger partial charge in [0, 0.05) is 10.8 Å². The second-order valence-corrected chi connectivity index (χ2v) is 6.26. The van der Waals surface area contributed by atoms with Crippen molar-refractivity contribution >= 4 is 20.8 Å². The van der Waals surface area contributed by atoms with Crippen LogP contribution in [-0.2, 0) is 19.5 Å². The molecule has 3 rings (SSSR count). The lowest BCUT2D eigenvalue weighted by Crippen LogP contribution is -2.36. The second kappa shape index (κ2) is 5.61. The molecule has 1 saturated heterocycles. The average Bonchev–Trinajstić information content (AvgIpc) is 2.98. The van der Waals surface area contributed by atoms with E-state index >= 15 is 0 Å². The van der Waals surface area contributed by atoms with Gasteiger partial charge in [-0.05, 0) is 12.1 Å². The summed E-state index contributed by atoms with van der Waals surface area (Å²) in [6, 6.07) is 10.4. The number of hydrogen-bond acceptors (Lipinski definition) is 5. The molecule has 2 aromatic rings. The number of methoxy groups -OCH3 is 1. The molecule has 1 fully saturated rings. The van der Waals surface area contributed by atoms with Crippen LogP contribution in [0.25, 0.3) is 10.8 Å². The van der Waals surface area contributed by atoms with Gasteiger partial charge in [-0.25, -0.2) is 8.42 Å². The molecule has 21 heavy (non-hydrogen) atoms. The van der Waals surface area contributed by atoms with E-state index < -0.39 is 16.3 Å². The maximum absolute atomic E-state index is 12.5. The van der Waals surface area contributed by atoms with Crippen molar-refractivity contribution in [2.45, 2.75) is 11.1 Å². The molecule has 1 aliphatic heterocycles. The van der Waals surface area contributed by atoms with E-state index in [1.165, 1.54) is 6.07 Å². The summed E-state index contributed by atoms with van der Waals surface area (Å²) in [5, 5.41) is 1.34. The van der Waals surface area contributed by atoms with Crippen molar-refractivity contribution in [3.05, 3.63) is 36.4 Å². The Balaban J connectivity index is 2.07. The van der Waals surface area contributed by atoms with E-state index in [0.717, 1.165) is 5.39 Å². The SMILES string of the molecule is COc1ccc(S(=O)(=O)NC2COCO2)c2ccccc12. The van der Waals surface area contributed by atoms with Crippen molar-refractivity contribution in [1.29, 1.82) is 0 Å². The number of rotatable bonds is 4. The zero-order chi connectivity index (χ0) is 14.9. The molecular weight excluding hydrogens is 294 g/mol. The van der Waals surface area contributed by atoms with Crippen LogP contribution >= 0.6 is 0 Å². The van der Waals surface area contributed by atoms with E-state index in [0.29, 0.717) is 11.1 Å². The van der Waals surface area contributed by atoms with Gasteiger partial charge in [-0.15, -0.1) is 0 Å². The summed E-state index contributed by atoms with van der Waals surface area (Å²) in [5.74, 6) is 0.630. The summed E-state index contributed by atoms with van der Waals surface area (Å²) in [5.41, 5.74) is 0. The maximum Gasteiger partial charge on any atom is 0.243 e. The Morgan fingerprint density at radius 3 is 2.62 bits per heavy atom. The van der Waals surface area contributed by atoms with Crippen LogP contribution in [0.15, 0.2) is 41.3 Å². The Hall–Kier alpha value is -1.67. The van der Waals surface area contributed by atoms with Gasteiger partial charge in [-0.1, -0.05) is 24.3 Å². The van der Waals surface area contributed by atoms with Crippen LogP contribution in [0, 0.1) is 0 Å². The van der Waals surface area contributed by atoms with E-state index in [1.807, 2.05) is 12.1 Å². The molecule has 112 valence electrons. The van der Waals surface area contributed by atoms with Gasteiger partial charge in [0.05, 0.1) is 18.6 Å². The van der Waals surface area contributed by atoms with Crippen LogP contribution in [-0.4, -0.2) is 35.2 Å². The van der Waals surface area contributed by atoms with Gasteiger partial charge in [-0.3, -0.25) is 0 Å². The average molecular weight is 309 g/mol. The molecule has 1 N–H and O–H groups in total. The molecule has 0 radical (unpaired) electrons. The highest BCUT2D eigenvalue weighted by molar-refractivity contribution is 7.89. The summed E-state index contributed by atoms with van der Waals surface area (Å²) in [6.45, 7) is 0.296. The van der Waals surface area contributed by atoms with E-state index in [9.17, 15) is 8.42 Å². The lowest BCUT2D eigenvalue weighted by Gasteiger charge is -2.14. The van der Waals surface area contributed by atoms with Gasteiger partial charge < -0.3 is 14.2 Å². The molecule has 0 aliphatic carbocycles. The molecule has 1 atom stereocenters. The van der Waals surface area contributed by atoms with Crippen molar-refractivity contribution in [1.82, 2.24) is 4.72 Å². The third kappa shape index (κ3) is 2.73. The number of sulfonamides is 1. The minimum absolute atomic E-state index is 0.0938. The van der Waals surface area contributed by atoms with Crippen molar-refractivity contribution in [2.75, 3.05) is 20.5 Å². The lowest BCUT2D eigenvalue weighted by atomic mass is 10.1. The summed E-state index contributed by atoms with van der Waals surface area (Å²) in [4.78, 5) is 0.189. The number of nitrogens with one attached hydrogen (secondary N) is 1. The van der Waals surface area contributed by atoms with E-state index in [2.05, 4.69) is 4.72 Å². The minimum Gasteiger partial charge on any atom is -0.496 e. The number of benzene rings is 2. The Morgan fingerprint density at radius 2 is 1.95 bits per heavy atom. The van der Waals surface area contributed by atoms with Crippen LogP contribution in [0.2, 0.25) is 0 Å². The summed E-state index contributed by atoms with van der Waals surface area (Å²) in [7, 11) is -2.15. The largest absolute Gasteiger partial charge is 0.496 e. The first-order valence-electron chi connectivity index (χ1n) is 6.39. The first-order valence-corrected chi connectivity index (χ1v) is 7.87. The summed E-state index contributed by atoms with van der Waals surface area (Å²) < 4.78 is 42.9. The molecule has 0 bridgehead atoms. The molecule has 1 aliphatic rings. The van der Waals surface area contributed by atoms with Crippen molar-refractivity contribution in [3.63, 3.8) is 0 Å². The first-order chi connectivity index (χ1) is 10.1. The van der Waals surface area contributed by atoms with Gasteiger partial charge in [-0.2, -0.15) is 4.72 Å². The van der Waals surface area contributed by atoms with Gasteiger partial charge in [0.1, 0.15) is 18.8 Å². The lowest BCUT2D eigenvalue weighted by molar-refractivity contribution is 0.0441. The van der Waals surface area contributed by atoms with E-state index in [1.54, 1.807) is 25.3 Å². The van der Waals surface area contributed by atoms with Crippen LogP contribution in [0.4, 0.5) is 0 Å². The zero-order valence-electron chi connectivity index (χ0n) is 11.4. The van der Waals surface area contributed by atoms with Crippen LogP contribution in [0.1, 0.15) is 0 Å². The third-order valence-electron chi connectivity index (χ3n) is 3.26. The standard InChI is InChI=1S/C14H15NO5S/c1-18-12-6-7-13(11-5-3-2-4-10(11)12)21(16,17)15-14-8-19-9-20-14/h2-7,14-15H,8-9H2,1H3. The Labute approximate surface area is 122 Å². The zero-order valence-corrected chi connectivity index (χ0v) is 12.2. The third-order valence-corrected chi connectivity index (χ3v) is 4.77. The van der Waals surface area contributed by atoms with Gasteiger partial charge in [0.2, 0.25) is 10.0 Å². The molecular formula is C14H15NO5S. The number of hydrogen-bond donors (Lipinski definition) is 1. The normalized spacial score (nSPS) is 19.0. The maximum atomic E-state index is 12.5.